The van der Waals surface area contributed by atoms with Crippen LogP contribution in [0.1, 0.15) is 38.3 Å². The summed E-state index contributed by atoms with van der Waals surface area (Å²) in [5.41, 5.74) is 1.56. The number of hydrogen-bond acceptors (Lipinski definition) is 3. The van der Waals surface area contributed by atoms with E-state index in [0.717, 1.165) is 17.5 Å². The second kappa shape index (κ2) is 5.95. The van der Waals surface area contributed by atoms with E-state index in [1.54, 1.807) is 14.2 Å². The molecule has 0 spiro atoms. The van der Waals surface area contributed by atoms with Crippen molar-refractivity contribution in [1.29, 1.82) is 0 Å². The average Bonchev–Trinajstić information content (AvgIpc) is 2.34. The van der Waals surface area contributed by atoms with Crippen LogP contribution in [0.5, 0.6) is 11.5 Å². The van der Waals surface area contributed by atoms with Gasteiger partial charge in [0, 0.05) is 11.0 Å². The van der Waals surface area contributed by atoms with Gasteiger partial charge in [-0.1, -0.05) is 26.8 Å². The number of methoxy groups -OCH3 is 2. The average molecular weight is 266 g/mol. The van der Waals surface area contributed by atoms with Gasteiger partial charge in [-0.25, -0.2) is 0 Å². The van der Waals surface area contributed by atoms with Gasteiger partial charge in [0.1, 0.15) is 0 Å². The largest absolute Gasteiger partial charge is 0.493 e. The highest BCUT2D eigenvalue weighted by molar-refractivity contribution is 5.69. The molecule has 0 aromatic heterocycles. The number of carbonyl (C=O) groups is 1. The maximum atomic E-state index is 11.0. The van der Waals surface area contributed by atoms with Crippen molar-refractivity contribution in [3.8, 4) is 11.5 Å². The first-order valence-electron chi connectivity index (χ1n) is 6.33. The number of rotatable bonds is 6. The lowest BCUT2D eigenvalue weighted by molar-refractivity contribution is -0.138. The van der Waals surface area contributed by atoms with Crippen molar-refractivity contribution in [3.63, 3.8) is 0 Å². The molecule has 0 saturated heterocycles. The maximum Gasteiger partial charge on any atom is 0.304 e. The molecule has 19 heavy (non-hydrogen) atoms. The van der Waals surface area contributed by atoms with Crippen molar-refractivity contribution in [2.75, 3.05) is 14.2 Å². The van der Waals surface area contributed by atoms with Gasteiger partial charge in [-0.3, -0.25) is 4.79 Å². The zero-order valence-corrected chi connectivity index (χ0v) is 12.2. The molecule has 0 atom stereocenters. The Morgan fingerprint density at radius 2 is 1.89 bits per heavy atom. The minimum atomic E-state index is -0.804. The van der Waals surface area contributed by atoms with Crippen LogP contribution in [0, 0.1) is 0 Å². The van der Waals surface area contributed by atoms with Crippen molar-refractivity contribution < 1.29 is 19.4 Å². The number of carboxylic acid groups (broad SMARTS) is 1. The first-order chi connectivity index (χ1) is 8.87. The molecule has 1 rings (SSSR count). The van der Waals surface area contributed by atoms with Crippen LogP contribution in [0.2, 0.25) is 0 Å². The molecule has 0 aliphatic heterocycles. The van der Waals surface area contributed by atoms with Crippen LogP contribution < -0.4 is 9.47 Å². The summed E-state index contributed by atoms with van der Waals surface area (Å²) in [5.74, 6) is 0.567. The molecule has 0 unspecified atom stereocenters. The fourth-order valence-electron chi connectivity index (χ4n) is 2.45. The van der Waals surface area contributed by atoms with Crippen molar-refractivity contribution in [2.24, 2.45) is 0 Å². The summed E-state index contributed by atoms with van der Waals surface area (Å²) < 4.78 is 10.7. The lowest BCUT2D eigenvalue weighted by Gasteiger charge is -2.27. The Kier molecular flexibility index (Phi) is 4.81. The predicted octanol–water partition coefficient (Wildman–Crippen LogP) is 3.02. The Morgan fingerprint density at radius 3 is 2.32 bits per heavy atom. The van der Waals surface area contributed by atoms with E-state index in [4.69, 9.17) is 14.6 Å². The van der Waals surface area contributed by atoms with E-state index in [0.29, 0.717) is 11.5 Å². The number of ether oxygens (including phenoxy) is 2. The van der Waals surface area contributed by atoms with Gasteiger partial charge in [0.2, 0.25) is 0 Å². The van der Waals surface area contributed by atoms with Gasteiger partial charge in [0.15, 0.2) is 11.5 Å². The molecule has 0 bridgehead atoms. The topological polar surface area (TPSA) is 55.8 Å². The zero-order valence-electron chi connectivity index (χ0n) is 12.2. The molecule has 4 nitrogen and oxygen atoms in total. The monoisotopic (exact) mass is 266 g/mol. The van der Waals surface area contributed by atoms with Crippen LogP contribution in [0.25, 0.3) is 0 Å². The molecular formula is C15H22O4. The maximum absolute atomic E-state index is 11.0. The van der Waals surface area contributed by atoms with Crippen LogP contribution in [0.4, 0.5) is 0 Å². The van der Waals surface area contributed by atoms with Gasteiger partial charge in [-0.05, 0) is 18.1 Å². The third kappa shape index (κ3) is 3.19. The quantitative estimate of drug-likeness (QED) is 0.860. The predicted molar refractivity (Wildman–Crippen MR) is 74.2 cm³/mol. The highest BCUT2D eigenvalue weighted by Gasteiger charge is 2.28. The molecule has 4 heteroatoms. The van der Waals surface area contributed by atoms with E-state index < -0.39 is 11.4 Å². The number of hydrogen-bond donors (Lipinski definition) is 1. The summed E-state index contributed by atoms with van der Waals surface area (Å²) in [7, 11) is 3.20. The van der Waals surface area contributed by atoms with Gasteiger partial charge in [0.25, 0.3) is 0 Å². The van der Waals surface area contributed by atoms with Gasteiger partial charge in [-0.2, -0.15) is 0 Å². The SMILES string of the molecule is CCc1c(C(C)(C)CC(=O)O)ccc(OC)c1OC. The number of aliphatic carboxylic acids is 1. The third-order valence-electron chi connectivity index (χ3n) is 3.32. The van der Waals surface area contributed by atoms with Gasteiger partial charge >= 0.3 is 5.97 Å². The van der Waals surface area contributed by atoms with Crippen molar-refractivity contribution in [1.82, 2.24) is 0 Å². The lowest BCUT2D eigenvalue weighted by Crippen LogP contribution is -2.23. The molecule has 1 aromatic rings. The van der Waals surface area contributed by atoms with Crippen LogP contribution in [-0.4, -0.2) is 25.3 Å². The second-order valence-electron chi connectivity index (χ2n) is 5.14. The second-order valence-corrected chi connectivity index (χ2v) is 5.14. The minimum Gasteiger partial charge on any atom is -0.493 e. The van der Waals surface area contributed by atoms with Crippen molar-refractivity contribution in [2.45, 2.75) is 39.0 Å². The van der Waals surface area contributed by atoms with Crippen molar-refractivity contribution >= 4 is 5.97 Å². The lowest BCUT2D eigenvalue weighted by atomic mass is 9.78. The van der Waals surface area contributed by atoms with E-state index in [1.165, 1.54) is 0 Å². The Hall–Kier alpha value is -1.71. The molecule has 0 heterocycles. The fraction of sp³-hybridized carbons (Fsp3) is 0.533. The van der Waals surface area contributed by atoms with Crippen LogP contribution >= 0.6 is 0 Å². The standard InChI is InChI=1S/C15H22O4/c1-6-10-11(15(2,3)9-13(16)17)7-8-12(18-4)14(10)19-5/h7-8H,6,9H2,1-5H3,(H,16,17). The molecule has 0 radical (unpaired) electrons. The summed E-state index contributed by atoms with van der Waals surface area (Å²) >= 11 is 0. The number of carboxylic acids is 1. The Morgan fingerprint density at radius 1 is 1.26 bits per heavy atom. The van der Waals surface area contributed by atoms with E-state index in [-0.39, 0.29) is 6.42 Å². The smallest absolute Gasteiger partial charge is 0.304 e. The van der Waals surface area contributed by atoms with Gasteiger partial charge in [-0.15, -0.1) is 0 Å². The van der Waals surface area contributed by atoms with E-state index in [9.17, 15) is 4.79 Å². The molecule has 0 saturated carbocycles. The third-order valence-corrected chi connectivity index (χ3v) is 3.32. The van der Waals surface area contributed by atoms with E-state index in [1.807, 2.05) is 32.9 Å². The summed E-state index contributed by atoms with van der Waals surface area (Å²) in [6.45, 7) is 5.89. The van der Waals surface area contributed by atoms with Crippen LogP contribution in [0.15, 0.2) is 12.1 Å². The molecule has 106 valence electrons. The first-order valence-corrected chi connectivity index (χ1v) is 6.33. The first kappa shape index (κ1) is 15.3. The molecular weight excluding hydrogens is 244 g/mol. The summed E-state index contributed by atoms with van der Waals surface area (Å²) in [5, 5.41) is 9.05. The molecule has 0 aliphatic rings. The Bertz CT molecular complexity index is 463. The van der Waals surface area contributed by atoms with Crippen LogP contribution in [0.3, 0.4) is 0 Å². The molecule has 0 amide bonds. The summed E-state index contributed by atoms with van der Waals surface area (Å²) in [6.07, 6.45) is 0.842. The van der Waals surface area contributed by atoms with E-state index in [2.05, 4.69) is 0 Å². The highest BCUT2D eigenvalue weighted by atomic mass is 16.5. The fourth-order valence-corrected chi connectivity index (χ4v) is 2.45. The van der Waals surface area contributed by atoms with Crippen LogP contribution in [-0.2, 0) is 16.6 Å². The molecule has 1 aromatic carbocycles. The molecule has 0 aliphatic carbocycles. The van der Waals surface area contributed by atoms with E-state index >= 15 is 0 Å². The van der Waals surface area contributed by atoms with Gasteiger partial charge in [0.05, 0.1) is 20.6 Å². The molecule has 0 fully saturated rings. The van der Waals surface area contributed by atoms with Gasteiger partial charge < -0.3 is 14.6 Å². The highest BCUT2D eigenvalue weighted by Crippen LogP contribution is 2.40. The normalized spacial score (nSPS) is 11.2. The summed E-state index contributed by atoms with van der Waals surface area (Å²) in [4.78, 5) is 11.0. The summed E-state index contributed by atoms with van der Waals surface area (Å²) in [6, 6.07) is 3.76. The zero-order chi connectivity index (χ0) is 14.6. The number of benzene rings is 1. The van der Waals surface area contributed by atoms with Crippen molar-refractivity contribution in [3.05, 3.63) is 23.3 Å². The minimum absolute atomic E-state index is 0.0789. The molecule has 1 N–H and O–H groups in total. The Labute approximate surface area is 114 Å². The Balaban J connectivity index is 3.39.